The standard InChI is InChI=1S/C19H20N2O5/c1-3-20-19(24)21-17(22)16(13-8-5-4-6-9-13)26-15-11-7-10-14(12-15)18(23)25-2/h4-12,16H,3H2,1-2H3,(H2,20,21,22,24)/t16-/m0/s1. The molecule has 1 atom stereocenters. The largest absolute Gasteiger partial charge is 0.476 e. The van der Waals surface area contributed by atoms with Gasteiger partial charge in [0.05, 0.1) is 12.7 Å². The third-order valence-electron chi connectivity index (χ3n) is 3.42. The molecule has 0 heterocycles. The summed E-state index contributed by atoms with van der Waals surface area (Å²) < 4.78 is 10.5. The summed E-state index contributed by atoms with van der Waals surface area (Å²) in [7, 11) is 1.28. The second-order valence-corrected chi connectivity index (χ2v) is 5.28. The molecule has 2 aromatic rings. The second kappa shape index (κ2) is 9.22. The molecule has 0 aliphatic carbocycles. The van der Waals surface area contributed by atoms with E-state index in [1.807, 2.05) is 0 Å². The number of benzene rings is 2. The predicted molar refractivity (Wildman–Crippen MR) is 94.8 cm³/mol. The fraction of sp³-hybridized carbons (Fsp3) is 0.211. The molecular formula is C19H20N2O5. The van der Waals surface area contributed by atoms with Gasteiger partial charge in [0.25, 0.3) is 5.91 Å². The van der Waals surface area contributed by atoms with E-state index < -0.39 is 24.0 Å². The maximum absolute atomic E-state index is 12.5. The van der Waals surface area contributed by atoms with Gasteiger partial charge in [-0.25, -0.2) is 9.59 Å². The van der Waals surface area contributed by atoms with Crippen molar-refractivity contribution in [1.29, 1.82) is 0 Å². The summed E-state index contributed by atoms with van der Waals surface area (Å²) >= 11 is 0. The molecule has 0 spiro atoms. The lowest BCUT2D eigenvalue weighted by Gasteiger charge is -2.19. The van der Waals surface area contributed by atoms with Crippen LogP contribution in [0.25, 0.3) is 0 Å². The molecule has 0 bridgehead atoms. The Bertz CT molecular complexity index is 777. The summed E-state index contributed by atoms with van der Waals surface area (Å²) in [5.41, 5.74) is 0.860. The van der Waals surface area contributed by atoms with E-state index in [1.54, 1.807) is 55.5 Å². The van der Waals surface area contributed by atoms with Crippen molar-refractivity contribution in [2.24, 2.45) is 0 Å². The Hall–Kier alpha value is -3.35. The molecule has 3 amide bonds. The van der Waals surface area contributed by atoms with Gasteiger partial charge in [0, 0.05) is 12.1 Å². The third-order valence-corrected chi connectivity index (χ3v) is 3.42. The molecule has 0 saturated carbocycles. The Morgan fingerprint density at radius 2 is 1.77 bits per heavy atom. The number of carbonyl (C=O) groups is 3. The molecule has 7 nitrogen and oxygen atoms in total. The number of ether oxygens (including phenoxy) is 2. The van der Waals surface area contributed by atoms with Crippen molar-refractivity contribution in [3.8, 4) is 5.75 Å². The van der Waals surface area contributed by atoms with Crippen LogP contribution in [0.15, 0.2) is 54.6 Å². The number of urea groups is 1. The van der Waals surface area contributed by atoms with Crippen LogP contribution in [0.5, 0.6) is 5.75 Å². The Balaban J connectivity index is 2.26. The highest BCUT2D eigenvalue weighted by molar-refractivity contribution is 5.97. The highest BCUT2D eigenvalue weighted by Crippen LogP contribution is 2.23. The van der Waals surface area contributed by atoms with E-state index in [2.05, 4.69) is 15.4 Å². The maximum Gasteiger partial charge on any atom is 0.337 e. The number of methoxy groups -OCH3 is 1. The zero-order valence-corrected chi connectivity index (χ0v) is 14.5. The van der Waals surface area contributed by atoms with E-state index >= 15 is 0 Å². The van der Waals surface area contributed by atoms with Crippen LogP contribution >= 0.6 is 0 Å². The number of nitrogens with one attached hydrogen (secondary N) is 2. The van der Waals surface area contributed by atoms with E-state index in [-0.39, 0.29) is 0 Å². The molecule has 2 rings (SSSR count). The minimum absolute atomic E-state index is 0.293. The normalized spacial score (nSPS) is 11.2. The van der Waals surface area contributed by atoms with Crippen LogP contribution in [0, 0.1) is 0 Å². The molecule has 0 aromatic heterocycles. The van der Waals surface area contributed by atoms with E-state index in [1.165, 1.54) is 13.2 Å². The molecule has 7 heteroatoms. The average Bonchev–Trinajstić information content (AvgIpc) is 2.66. The number of rotatable bonds is 6. The van der Waals surface area contributed by atoms with Crippen LogP contribution in [-0.2, 0) is 9.53 Å². The van der Waals surface area contributed by atoms with Crippen LogP contribution in [-0.4, -0.2) is 31.6 Å². The molecule has 2 aromatic carbocycles. The Morgan fingerprint density at radius 3 is 2.42 bits per heavy atom. The Labute approximate surface area is 151 Å². The van der Waals surface area contributed by atoms with Gasteiger partial charge in [-0.05, 0) is 25.1 Å². The predicted octanol–water partition coefficient (Wildman–Crippen LogP) is 2.44. The Kier molecular flexibility index (Phi) is 6.73. The van der Waals surface area contributed by atoms with Crippen LogP contribution in [0.1, 0.15) is 28.9 Å². The fourth-order valence-corrected chi connectivity index (χ4v) is 2.23. The van der Waals surface area contributed by atoms with Gasteiger partial charge in [-0.15, -0.1) is 0 Å². The Morgan fingerprint density at radius 1 is 1.04 bits per heavy atom. The van der Waals surface area contributed by atoms with Crippen LogP contribution < -0.4 is 15.4 Å². The minimum Gasteiger partial charge on any atom is -0.476 e. The number of esters is 1. The van der Waals surface area contributed by atoms with Gasteiger partial charge < -0.3 is 14.8 Å². The summed E-state index contributed by atoms with van der Waals surface area (Å²) in [5, 5.41) is 4.73. The molecule has 0 unspecified atom stereocenters. The van der Waals surface area contributed by atoms with E-state index in [0.29, 0.717) is 23.4 Å². The fourth-order valence-electron chi connectivity index (χ4n) is 2.23. The third kappa shape index (κ3) is 5.07. The van der Waals surface area contributed by atoms with E-state index in [4.69, 9.17) is 4.74 Å². The summed E-state index contributed by atoms with van der Waals surface area (Å²) in [5.74, 6) is -0.836. The first-order chi connectivity index (χ1) is 12.5. The number of amides is 3. The zero-order chi connectivity index (χ0) is 18.9. The number of hydrogen-bond donors (Lipinski definition) is 2. The smallest absolute Gasteiger partial charge is 0.337 e. The van der Waals surface area contributed by atoms with E-state index in [9.17, 15) is 14.4 Å². The highest BCUT2D eigenvalue weighted by Gasteiger charge is 2.24. The molecule has 0 saturated heterocycles. The molecule has 136 valence electrons. The van der Waals surface area contributed by atoms with Crippen molar-refractivity contribution in [3.05, 3.63) is 65.7 Å². The lowest BCUT2D eigenvalue weighted by Crippen LogP contribution is -2.42. The van der Waals surface area contributed by atoms with Gasteiger partial charge in [-0.3, -0.25) is 10.1 Å². The van der Waals surface area contributed by atoms with Crippen molar-refractivity contribution in [2.75, 3.05) is 13.7 Å². The van der Waals surface area contributed by atoms with Gasteiger partial charge >= 0.3 is 12.0 Å². The molecule has 0 fully saturated rings. The summed E-state index contributed by atoms with van der Waals surface area (Å²) in [4.78, 5) is 35.8. The van der Waals surface area contributed by atoms with Crippen molar-refractivity contribution in [3.63, 3.8) is 0 Å². The first kappa shape index (κ1) is 19.0. The van der Waals surface area contributed by atoms with Gasteiger partial charge in [0.15, 0.2) is 0 Å². The second-order valence-electron chi connectivity index (χ2n) is 5.28. The van der Waals surface area contributed by atoms with Gasteiger partial charge in [-0.2, -0.15) is 0 Å². The van der Waals surface area contributed by atoms with E-state index in [0.717, 1.165) is 0 Å². The molecule has 26 heavy (non-hydrogen) atoms. The first-order valence-electron chi connectivity index (χ1n) is 8.03. The lowest BCUT2D eigenvalue weighted by molar-refractivity contribution is -0.127. The van der Waals surface area contributed by atoms with Crippen LogP contribution in [0.4, 0.5) is 4.79 Å². The monoisotopic (exact) mass is 356 g/mol. The zero-order valence-electron chi connectivity index (χ0n) is 14.5. The molecule has 2 N–H and O–H groups in total. The van der Waals surface area contributed by atoms with Gasteiger partial charge in [0.1, 0.15) is 5.75 Å². The van der Waals surface area contributed by atoms with Crippen LogP contribution in [0.3, 0.4) is 0 Å². The topological polar surface area (TPSA) is 93.7 Å². The van der Waals surface area contributed by atoms with Crippen LogP contribution in [0.2, 0.25) is 0 Å². The SMILES string of the molecule is CCNC(=O)NC(=O)[C@@H](Oc1cccc(C(=O)OC)c1)c1ccccc1. The van der Waals surface area contributed by atoms with Crippen molar-refractivity contribution >= 4 is 17.9 Å². The van der Waals surface area contributed by atoms with Crippen molar-refractivity contribution in [2.45, 2.75) is 13.0 Å². The number of hydrogen-bond acceptors (Lipinski definition) is 5. The first-order valence-corrected chi connectivity index (χ1v) is 8.03. The van der Waals surface area contributed by atoms with Crippen molar-refractivity contribution < 1.29 is 23.9 Å². The summed E-state index contributed by atoms with van der Waals surface area (Å²) in [6, 6.07) is 14.4. The highest BCUT2D eigenvalue weighted by atomic mass is 16.5. The molecular weight excluding hydrogens is 336 g/mol. The van der Waals surface area contributed by atoms with Crippen molar-refractivity contribution in [1.82, 2.24) is 10.6 Å². The van der Waals surface area contributed by atoms with Gasteiger partial charge in [-0.1, -0.05) is 36.4 Å². The molecule has 0 aliphatic rings. The average molecular weight is 356 g/mol. The maximum atomic E-state index is 12.5. The molecule has 0 aliphatic heterocycles. The summed E-state index contributed by atoms with van der Waals surface area (Å²) in [6.07, 6.45) is -1.06. The lowest BCUT2D eigenvalue weighted by atomic mass is 10.1. The van der Waals surface area contributed by atoms with Gasteiger partial charge in [0.2, 0.25) is 6.10 Å². The number of carbonyl (C=O) groups excluding carboxylic acids is 3. The quantitative estimate of drug-likeness (QED) is 0.776. The summed E-state index contributed by atoms with van der Waals surface area (Å²) in [6.45, 7) is 2.13. The number of imide groups is 1. The minimum atomic E-state index is -1.06. The molecule has 0 radical (unpaired) electrons.